The van der Waals surface area contributed by atoms with E-state index in [0.717, 1.165) is 6.42 Å². The molecule has 1 aliphatic heterocycles. The number of carbonyl (C=O) groups excluding carboxylic acids is 1. The van der Waals surface area contributed by atoms with Crippen LogP contribution in [0.25, 0.3) is 0 Å². The van der Waals surface area contributed by atoms with Crippen LogP contribution in [-0.2, 0) is 4.79 Å². The molecule has 3 heteroatoms. The number of amides is 1. The molecule has 1 heterocycles. The van der Waals surface area contributed by atoms with Crippen molar-refractivity contribution in [3.05, 3.63) is 12.7 Å². The number of hydrogen-bond acceptors (Lipinski definition) is 2. The molecule has 56 valence electrons. The fraction of sp³-hybridized carbons (Fsp3) is 0.571. The molecule has 0 saturated carbocycles. The van der Waals surface area contributed by atoms with Crippen molar-refractivity contribution in [2.45, 2.75) is 18.9 Å². The molecule has 1 saturated heterocycles. The first kappa shape index (κ1) is 7.28. The number of nitrogens with zero attached hydrogens (tertiary/aromatic N) is 1. The fourth-order valence-electron chi connectivity index (χ4n) is 1.12. The number of hydrogen-bond donors (Lipinski definition) is 1. The van der Waals surface area contributed by atoms with E-state index in [0.29, 0.717) is 6.42 Å². The second-order valence-corrected chi connectivity index (χ2v) is 2.39. The summed E-state index contributed by atoms with van der Waals surface area (Å²) in [5.74, 6) is 0.0364. The first-order chi connectivity index (χ1) is 4.79. The average Bonchev–Trinajstić information content (AvgIpc) is 1.88. The predicted octanol–water partition coefficient (Wildman–Crippen LogP) is 0.113. The van der Waals surface area contributed by atoms with Crippen molar-refractivity contribution in [2.24, 2.45) is 0 Å². The lowest BCUT2D eigenvalue weighted by Crippen LogP contribution is -2.52. The van der Waals surface area contributed by atoms with E-state index in [2.05, 4.69) is 6.58 Å². The molecule has 0 aromatic carbocycles. The van der Waals surface area contributed by atoms with Gasteiger partial charge in [0.2, 0.25) is 5.91 Å². The highest BCUT2D eigenvalue weighted by Gasteiger charge is 2.33. The van der Waals surface area contributed by atoms with E-state index in [1.807, 2.05) is 0 Å². The van der Waals surface area contributed by atoms with Crippen molar-refractivity contribution in [2.75, 3.05) is 6.73 Å². The van der Waals surface area contributed by atoms with Gasteiger partial charge < -0.3 is 10.0 Å². The highest BCUT2D eigenvalue weighted by Crippen LogP contribution is 2.20. The van der Waals surface area contributed by atoms with Gasteiger partial charge in [0.25, 0.3) is 0 Å². The van der Waals surface area contributed by atoms with E-state index in [1.54, 1.807) is 6.08 Å². The minimum absolute atomic E-state index is 0.0364. The van der Waals surface area contributed by atoms with Gasteiger partial charge in [0, 0.05) is 12.5 Å². The van der Waals surface area contributed by atoms with Gasteiger partial charge in [-0.3, -0.25) is 4.79 Å². The average molecular weight is 141 g/mol. The molecule has 0 spiro atoms. The van der Waals surface area contributed by atoms with Crippen LogP contribution in [0.15, 0.2) is 12.7 Å². The minimum Gasteiger partial charge on any atom is -0.376 e. The van der Waals surface area contributed by atoms with Crippen molar-refractivity contribution < 1.29 is 9.90 Å². The first-order valence-electron chi connectivity index (χ1n) is 3.30. The Morgan fingerprint density at radius 3 is 3.00 bits per heavy atom. The van der Waals surface area contributed by atoms with Crippen molar-refractivity contribution in [1.29, 1.82) is 0 Å². The Bertz CT molecular complexity index is 154. The molecule has 1 rings (SSSR count). The summed E-state index contributed by atoms with van der Waals surface area (Å²) in [5.41, 5.74) is 0. The van der Waals surface area contributed by atoms with E-state index in [4.69, 9.17) is 5.11 Å². The van der Waals surface area contributed by atoms with Crippen LogP contribution in [0.5, 0.6) is 0 Å². The van der Waals surface area contributed by atoms with Gasteiger partial charge in [0.1, 0.15) is 6.73 Å². The van der Waals surface area contributed by atoms with Gasteiger partial charge in [0.05, 0.1) is 0 Å². The van der Waals surface area contributed by atoms with Gasteiger partial charge in [-0.25, -0.2) is 0 Å². The molecule has 1 amide bonds. The molecule has 0 unspecified atom stereocenters. The number of β-lactam (4-membered cyclic amide) rings is 1. The van der Waals surface area contributed by atoms with Gasteiger partial charge in [0.15, 0.2) is 0 Å². The molecule has 0 aromatic heterocycles. The molecule has 1 N–H and O–H groups in total. The normalized spacial score (nSPS) is 24.3. The fourth-order valence-corrected chi connectivity index (χ4v) is 1.12. The smallest absolute Gasteiger partial charge is 0.226 e. The molecule has 1 atom stereocenters. The van der Waals surface area contributed by atoms with Crippen LogP contribution in [0.4, 0.5) is 0 Å². The SMILES string of the molecule is C=CC[C@H]1CC(=O)N1CO. The Morgan fingerprint density at radius 1 is 1.90 bits per heavy atom. The zero-order valence-electron chi connectivity index (χ0n) is 5.79. The zero-order valence-corrected chi connectivity index (χ0v) is 5.79. The van der Waals surface area contributed by atoms with Gasteiger partial charge >= 0.3 is 0 Å². The van der Waals surface area contributed by atoms with Gasteiger partial charge in [-0.05, 0) is 6.42 Å². The maximum Gasteiger partial charge on any atom is 0.226 e. The molecule has 0 aliphatic carbocycles. The van der Waals surface area contributed by atoms with E-state index >= 15 is 0 Å². The van der Waals surface area contributed by atoms with E-state index in [9.17, 15) is 4.79 Å². The van der Waals surface area contributed by atoms with E-state index < -0.39 is 0 Å². The Hall–Kier alpha value is -0.830. The summed E-state index contributed by atoms with van der Waals surface area (Å²) in [4.78, 5) is 12.1. The van der Waals surface area contributed by atoms with E-state index in [1.165, 1.54) is 4.90 Å². The molecule has 10 heavy (non-hydrogen) atoms. The second-order valence-electron chi connectivity index (χ2n) is 2.39. The molecule has 3 nitrogen and oxygen atoms in total. The summed E-state index contributed by atoms with van der Waals surface area (Å²) in [7, 11) is 0. The lowest BCUT2D eigenvalue weighted by atomic mass is 10.00. The van der Waals surface area contributed by atoms with Crippen LogP contribution in [-0.4, -0.2) is 28.7 Å². The van der Waals surface area contributed by atoms with Gasteiger partial charge in [-0.1, -0.05) is 6.08 Å². The van der Waals surface area contributed by atoms with Crippen molar-refractivity contribution >= 4 is 5.91 Å². The Morgan fingerprint density at radius 2 is 2.60 bits per heavy atom. The van der Waals surface area contributed by atoms with Crippen LogP contribution in [0.1, 0.15) is 12.8 Å². The van der Waals surface area contributed by atoms with Crippen LogP contribution in [0, 0.1) is 0 Å². The van der Waals surface area contributed by atoms with Crippen LogP contribution in [0.3, 0.4) is 0 Å². The Kier molecular flexibility index (Phi) is 2.06. The summed E-state index contributed by atoms with van der Waals surface area (Å²) in [6.07, 6.45) is 3.11. The van der Waals surface area contributed by atoms with Gasteiger partial charge in [-0.2, -0.15) is 0 Å². The lowest BCUT2D eigenvalue weighted by molar-refractivity contribution is -0.151. The third-order valence-corrected chi connectivity index (χ3v) is 1.76. The van der Waals surface area contributed by atoms with Crippen LogP contribution < -0.4 is 0 Å². The molecular formula is C7H11NO2. The van der Waals surface area contributed by atoms with E-state index in [-0.39, 0.29) is 18.7 Å². The predicted molar refractivity (Wildman–Crippen MR) is 37.2 cm³/mol. The topological polar surface area (TPSA) is 40.5 Å². The quantitative estimate of drug-likeness (QED) is 0.447. The summed E-state index contributed by atoms with van der Waals surface area (Å²) in [5, 5.41) is 8.62. The standard InChI is InChI=1S/C7H11NO2/c1-2-3-6-4-7(10)8(6)5-9/h2,6,9H,1,3-5H2/t6-/m0/s1. The van der Waals surface area contributed by atoms with Gasteiger partial charge in [-0.15, -0.1) is 6.58 Å². The number of likely N-dealkylation sites (tertiary alicyclic amines) is 1. The molecular weight excluding hydrogens is 130 g/mol. The maximum absolute atomic E-state index is 10.7. The molecule has 0 aromatic rings. The molecule has 1 aliphatic rings. The number of carbonyl (C=O) groups is 1. The summed E-state index contributed by atoms with van der Waals surface area (Å²) >= 11 is 0. The Labute approximate surface area is 59.9 Å². The Balaban J connectivity index is 2.37. The number of rotatable bonds is 3. The lowest BCUT2D eigenvalue weighted by Gasteiger charge is -2.38. The summed E-state index contributed by atoms with van der Waals surface area (Å²) in [6, 6.07) is 0.204. The van der Waals surface area contributed by atoms with Crippen LogP contribution in [0.2, 0.25) is 0 Å². The molecule has 0 bridgehead atoms. The van der Waals surface area contributed by atoms with Crippen molar-refractivity contribution in [1.82, 2.24) is 4.90 Å². The number of aliphatic hydroxyl groups excluding tert-OH is 1. The highest BCUT2D eigenvalue weighted by atomic mass is 16.3. The van der Waals surface area contributed by atoms with Crippen molar-refractivity contribution in [3.8, 4) is 0 Å². The molecule has 1 fully saturated rings. The minimum atomic E-state index is -0.155. The third kappa shape index (κ3) is 1.04. The molecule has 0 radical (unpaired) electrons. The first-order valence-corrected chi connectivity index (χ1v) is 3.30. The van der Waals surface area contributed by atoms with Crippen molar-refractivity contribution in [3.63, 3.8) is 0 Å². The number of aliphatic hydroxyl groups is 1. The summed E-state index contributed by atoms with van der Waals surface area (Å²) < 4.78 is 0. The highest BCUT2D eigenvalue weighted by molar-refractivity contribution is 5.82. The zero-order chi connectivity index (χ0) is 7.56. The van der Waals surface area contributed by atoms with Crippen LogP contribution >= 0.6 is 0 Å². The third-order valence-electron chi connectivity index (χ3n) is 1.76. The second kappa shape index (κ2) is 2.84. The largest absolute Gasteiger partial charge is 0.376 e. The monoisotopic (exact) mass is 141 g/mol. The summed E-state index contributed by atoms with van der Waals surface area (Å²) in [6.45, 7) is 3.40. The maximum atomic E-state index is 10.7.